The molecule has 3 heterocycles. The van der Waals surface area contributed by atoms with Crippen LogP contribution in [0.1, 0.15) is 54.7 Å². The first-order valence-electron chi connectivity index (χ1n) is 13.2. The predicted molar refractivity (Wildman–Crippen MR) is 147 cm³/mol. The van der Waals surface area contributed by atoms with Crippen LogP contribution in [0, 0.1) is 0 Å². The number of aromatic nitrogens is 2. The first-order chi connectivity index (χ1) is 18.4. The summed E-state index contributed by atoms with van der Waals surface area (Å²) in [4.78, 5) is 15.7. The second-order valence-electron chi connectivity index (χ2n) is 9.83. The van der Waals surface area contributed by atoms with Crippen molar-refractivity contribution >= 4 is 27.5 Å². The normalized spacial score (nSPS) is 18.5. The van der Waals surface area contributed by atoms with Gasteiger partial charge in [0.15, 0.2) is 0 Å². The molecule has 1 unspecified atom stereocenters. The van der Waals surface area contributed by atoms with Crippen molar-refractivity contribution in [1.29, 1.82) is 0 Å². The molecule has 2 aliphatic rings. The Morgan fingerprint density at radius 2 is 1.79 bits per heavy atom. The highest BCUT2D eigenvalue weighted by molar-refractivity contribution is 7.89. The number of morpholine rings is 1. The van der Waals surface area contributed by atoms with Gasteiger partial charge in [0.2, 0.25) is 10.0 Å². The molecule has 10 heteroatoms. The standard InChI is InChI=1S/C28H33ClN4O4S/c1-2-3-4-8-24-20-31(28(34)26-18-25(30-33(24)26)21-10-12-23(29)13-11-21)19-22-7-5-6-9-27(22)38(35,36)32-14-16-37-17-15-32/h5-7,9-13,18,24H,2-4,8,14-17,19-20H2,1H3. The molecule has 38 heavy (non-hydrogen) atoms. The summed E-state index contributed by atoms with van der Waals surface area (Å²) in [6, 6.07) is 16.3. The zero-order chi connectivity index (χ0) is 26.7. The number of hydrogen-bond donors (Lipinski definition) is 0. The molecule has 0 aliphatic carbocycles. The number of rotatable bonds is 9. The van der Waals surface area contributed by atoms with Crippen molar-refractivity contribution in [3.63, 3.8) is 0 Å². The minimum absolute atomic E-state index is 0.0123. The van der Waals surface area contributed by atoms with Crippen molar-refractivity contribution in [3.8, 4) is 11.3 Å². The first kappa shape index (κ1) is 26.9. The van der Waals surface area contributed by atoms with Crippen molar-refractivity contribution < 1.29 is 17.9 Å². The Labute approximate surface area is 229 Å². The lowest BCUT2D eigenvalue weighted by atomic mass is 10.0. The van der Waals surface area contributed by atoms with E-state index in [0.717, 1.165) is 36.9 Å². The maximum Gasteiger partial charge on any atom is 0.272 e. The highest BCUT2D eigenvalue weighted by atomic mass is 35.5. The largest absolute Gasteiger partial charge is 0.379 e. The van der Waals surface area contributed by atoms with Gasteiger partial charge in [-0.25, -0.2) is 8.42 Å². The van der Waals surface area contributed by atoms with Crippen molar-refractivity contribution in [3.05, 3.63) is 70.9 Å². The fraction of sp³-hybridized carbons (Fsp3) is 0.429. The SMILES string of the molecule is CCCCCC1CN(Cc2ccccc2S(=O)(=O)N2CCOCC2)C(=O)c2cc(-c3ccc(Cl)cc3)nn21. The second kappa shape index (κ2) is 11.6. The van der Waals surface area contributed by atoms with Gasteiger partial charge in [-0.15, -0.1) is 0 Å². The Morgan fingerprint density at radius 3 is 2.53 bits per heavy atom. The molecule has 0 N–H and O–H groups in total. The summed E-state index contributed by atoms with van der Waals surface area (Å²) >= 11 is 6.07. The lowest BCUT2D eigenvalue weighted by Crippen LogP contribution is -2.43. The van der Waals surface area contributed by atoms with Crippen LogP contribution in [0.3, 0.4) is 0 Å². The van der Waals surface area contributed by atoms with Crippen LogP contribution in [0.15, 0.2) is 59.5 Å². The Morgan fingerprint density at radius 1 is 1.05 bits per heavy atom. The Hall–Kier alpha value is -2.72. The number of halogens is 1. The zero-order valence-corrected chi connectivity index (χ0v) is 23.1. The molecule has 1 amide bonds. The number of amides is 1. The van der Waals surface area contributed by atoms with Crippen LogP contribution in [0.4, 0.5) is 0 Å². The minimum Gasteiger partial charge on any atom is -0.379 e. The highest BCUT2D eigenvalue weighted by Crippen LogP contribution is 2.32. The van der Waals surface area contributed by atoms with E-state index in [4.69, 9.17) is 21.4 Å². The molecule has 5 rings (SSSR count). The number of carbonyl (C=O) groups excluding carboxylic acids is 1. The van der Waals surface area contributed by atoms with E-state index in [2.05, 4.69) is 6.92 Å². The quantitative estimate of drug-likeness (QED) is 0.346. The molecule has 1 atom stereocenters. The number of hydrogen-bond acceptors (Lipinski definition) is 5. The molecular weight excluding hydrogens is 524 g/mol. The average molecular weight is 557 g/mol. The fourth-order valence-electron chi connectivity index (χ4n) is 5.17. The number of benzene rings is 2. The molecule has 0 spiro atoms. The van der Waals surface area contributed by atoms with Gasteiger partial charge in [-0.1, -0.05) is 68.1 Å². The summed E-state index contributed by atoms with van der Waals surface area (Å²) in [6.07, 6.45) is 4.12. The van der Waals surface area contributed by atoms with Crippen molar-refractivity contribution in [2.75, 3.05) is 32.8 Å². The Balaban J connectivity index is 1.46. The summed E-state index contributed by atoms with van der Waals surface area (Å²) < 4.78 is 35.7. The third-order valence-electron chi connectivity index (χ3n) is 7.22. The van der Waals surface area contributed by atoms with Crippen LogP contribution in [-0.4, -0.2) is 66.2 Å². The summed E-state index contributed by atoms with van der Waals surface area (Å²) in [7, 11) is -3.70. The zero-order valence-electron chi connectivity index (χ0n) is 21.6. The van der Waals surface area contributed by atoms with E-state index in [1.807, 2.05) is 41.1 Å². The van der Waals surface area contributed by atoms with E-state index in [0.29, 0.717) is 49.1 Å². The molecular formula is C28H33ClN4O4S. The van der Waals surface area contributed by atoms with Gasteiger partial charge in [0.25, 0.3) is 5.91 Å². The lowest BCUT2D eigenvalue weighted by molar-refractivity contribution is 0.0632. The van der Waals surface area contributed by atoms with Crippen LogP contribution in [0.2, 0.25) is 5.02 Å². The Kier molecular flexibility index (Phi) is 8.18. The van der Waals surface area contributed by atoms with Gasteiger partial charge in [0.1, 0.15) is 5.69 Å². The molecule has 0 bridgehead atoms. The van der Waals surface area contributed by atoms with Crippen LogP contribution in [-0.2, 0) is 21.3 Å². The molecule has 0 radical (unpaired) electrons. The van der Waals surface area contributed by atoms with Gasteiger partial charge >= 0.3 is 0 Å². The van der Waals surface area contributed by atoms with Gasteiger partial charge in [0.05, 0.1) is 29.8 Å². The Bertz CT molecular complexity index is 1380. The maximum atomic E-state index is 13.7. The first-order valence-corrected chi connectivity index (χ1v) is 15.0. The van der Waals surface area contributed by atoms with Crippen LogP contribution < -0.4 is 0 Å². The topological polar surface area (TPSA) is 84.7 Å². The second-order valence-corrected chi connectivity index (χ2v) is 12.2. The molecule has 2 aliphatic heterocycles. The van der Waals surface area contributed by atoms with Crippen LogP contribution in [0.25, 0.3) is 11.3 Å². The van der Waals surface area contributed by atoms with Gasteiger partial charge in [-0.3, -0.25) is 9.48 Å². The molecule has 8 nitrogen and oxygen atoms in total. The molecule has 202 valence electrons. The fourth-order valence-corrected chi connectivity index (χ4v) is 6.92. The minimum atomic E-state index is -3.70. The van der Waals surface area contributed by atoms with Gasteiger partial charge in [0, 0.05) is 36.8 Å². The highest BCUT2D eigenvalue weighted by Gasteiger charge is 2.35. The van der Waals surface area contributed by atoms with E-state index in [9.17, 15) is 13.2 Å². The van der Waals surface area contributed by atoms with E-state index in [-0.39, 0.29) is 23.4 Å². The lowest BCUT2D eigenvalue weighted by Gasteiger charge is -2.34. The predicted octanol–water partition coefficient (Wildman–Crippen LogP) is 5.00. The molecule has 1 saturated heterocycles. The number of sulfonamides is 1. The van der Waals surface area contributed by atoms with Gasteiger partial charge in [-0.05, 0) is 36.2 Å². The number of fused-ring (bicyclic) bond motifs is 1. The number of carbonyl (C=O) groups is 1. The molecule has 1 aromatic heterocycles. The third kappa shape index (κ3) is 5.52. The molecule has 0 saturated carbocycles. The maximum absolute atomic E-state index is 13.7. The van der Waals surface area contributed by atoms with Gasteiger partial charge < -0.3 is 9.64 Å². The van der Waals surface area contributed by atoms with E-state index in [1.54, 1.807) is 23.1 Å². The molecule has 2 aromatic carbocycles. The average Bonchev–Trinajstić information content (AvgIpc) is 3.38. The smallest absolute Gasteiger partial charge is 0.272 e. The monoisotopic (exact) mass is 556 g/mol. The van der Waals surface area contributed by atoms with Crippen LogP contribution >= 0.6 is 11.6 Å². The summed E-state index contributed by atoms with van der Waals surface area (Å²) in [5, 5.41) is 5.47. The molecule has 1 fully saturated rings. The summed E-state index contributed by atoms with van der Waals surface area (Å²) in [5.74, 6) is -0.150. The summed E-state index contributed by atoms with van der Waals surface area (Å²) in [6.45, 7) is 4.27. The molecule has 3 aromatic rings. The van der Waals surface area contributed by atoms with Crippen molar-refractivity contribution in [2.24, 2.45) is 0 Å². The third-order valence-corrected chi connectivity index (χ3v) is 9.47. The van der Waals surface area contributed by atoms with E-state index in [1.165, 1.54) is 4.31 Å². The van der Waals surface area contributed by atoms with E-state index >= 15 is 0 Å². The number of unbranched alkanes of at least 4 members (excludes halogenated alkanes) is 2. The van der Waals surface area contributed by atoms with Crippen LogP contribution in [0.5, 0.6) is 0 Å². The number of ether oxygens (including phenoxy) is 1. The van der Waals surface area contributed by atoms with Gasteiger partial charge in [-0.2, -0.15) is 9.40 Å². The number of nitrogens with zero attached hydrogens (tertiary/aromatic N) is 4. The summed E-state index contributed by atoms with van der Waals surface area (Å²) in [5.41, 5.74) is 2.76. The van der Waals surface area contributed by atoms with Crippen molar-refractivity contribution in [1.82, 2.24) is 19.0 Å². The van der Waals surface area contributed by atoms with E-state index < -0.39 is 10.0 Å². The van der Waals surface area contributed by atoms with Crippen molar-refractivity contribution in [2.45, 2.75) is 50.1 Å².